The molecule has 2 aromatic rings. The van der Waals surface area contributed by atoms with E-state index in [0.29, 0.717) is 35.6 Å². The van der Waals surface area contributed by atoms with E-state index in [-0.39, 0.29) is 12.5 Å². The van der Waals surface area contributed by atoms with E-state index < -0.39 is 24.3 Å². The molecule has 31 heavy (non-hydrogen) atoms. The van der Waals surface area contributed by atoms with Gasteiger partial charge in [-0.2, -0.15) is 0 Å². The summed E-state index contributed by atoms with van der Waals surface area (Å²) in [5.41, 5.74) is 1.09. The Morgan fingerprint density at radius 1 is 1.16 bits per heavy atom. The van der Waals surface area contributed by atoms with Crippen LogP contribution in [0.4, 0.5) is 10.5 Å². The second-order valence-electron chi connectivity index (χ2n) is 6.70. The summed E-state index contributed by atoms with van der Waals surface area (Å²) in [6.45, 7) is 0.123. The van der Waals surface area contributed by atoms with Gasteiger partial charge in [0, 0.05) is 24.9 Å². The summed E-state index contributed by atoms with van der Waals surface area (Å²) in [6, 6.07) is 11.2. The van der Waals surface area contributed by atoms with E-state index in [0.717, 1.165) is 6.08 Å². The first-order chi connectivity index (χ1) is 15.0. The molecule has 0 aromatic heterocycles. The highest BCUT2D eigenvalue weighted by Gasteiger charge is 2.27. The fraction of sp³-hybridized carbons (Fsp3) is 0.273. The number of anilines is 1. The van der Waals surface area contributed by atoms with Gasteiger partial charge >= 0.3 is 12.1 Å². The van der Waals surface area contributed by atoms with Crippen molar-refractivity contribution in [3.05, 3.63) is 60.2 Å². The molecule has 0 fully saturated rings. The SMILES string of the molecule is CO[C@H](CC/C=C/C(=O)O)[C@H](OC(=O)Nc1ccc2c(c1)OCO2)c1ccc(O)cc1. The number of aliphatic carboxylic acids is 1. The lowest BCUT2D eigenvalue weighted by molar-refractivity contribution is -0.131. The van der Waals surface area contributed by atoms with Crippen LogP contribution in [-0.2, 0) is 14.3 Å². The van der Waals surface area contributed by atoms with Crippen LogP contribution in [0.25, 0.3) is 0 Å². The fourth-order valence-corrected chi connectivity index (χ4v) is 3.10. The van der Waals surface area contributed by atoms with Crippen molar-refractivity contribution in [3.8, 4) is 17.2 Å². The van der Waals surface area contributed by atoms with Gasteiger partial charge in [0.1, 0.15) is 5.75 Å². The molecule has 0 aliphatic carbocycles. The maximum atomic E-state index is 12.6. The number of carboxylic acids is 1. The molecule has 0 radical (unpaired) electrons. The molecule has 2 atom stereocenters. The molecule has 9 nitrogen and oxygen atoms in total. The number of allylic oxidation sites excluding steroid dienone is 1. The second kappa shape index (κ2) is 10.4. The topological polar surface area (TPSA) is 124 Å². The molecule has 1 aliphatic rings. The van der Waals surface area contributed by atoms with Gasteiger partial charge in [-0.25, -0.2) is 9.59 Å². The Labute approximate surface area is 178 Å². The van der Waals surface area contributed by atoms with Crippen LogP contribution in [-0.4, -0.2) is 42.3 Å². The number of phenolic OH excluding ortho intramolecular Hbond substituents is 1. The number of hydrogen-bond acceptors (Lipinski definition) is 7. The third-order valence-corrected chi connectivity index (χ3v) is 4.59. The lowest BCUT2D eigenvalue weighted by Gasteiger charge is -2.26. The highest BCUT2D eigenvalue weighted by Crippen LogP contribution is 2.34. The van der Waals surface area contributed by atoms with Crippen molar-refractivity contribution in [2.24, 2.45) is 0 Å². The van der Waals surface area contributed by atoms with Crippen LogP contribution in [0.3, 0.4) is 0 Å². The van der Waals surface area contributed by atoms with Crippen molar-refractivity contribution in [1.29, 1.82) is 0 Å². The average molecular weight is 429 g/mol. The summed E-state index contributed by atoms with van der Waals surface area (Å²) < 4.78 is 21.7. The number of aromatic hydroxyl groups is 1. The lowest BCUT2D eigenvalue weighted by atomic mass is 10.00. The third kappa shape index (κ3) is 6.13. The minimum atomic E-state index is -1.04. The molecule has 164 valence electrons. The van der Waals surface area contributed by atoms with Crippen LogP contribution in [0.2, 0.25) is 0 Å². The molecule has 1 aliphatic heterocycles. The molecule has 3 rings (SSSR count). The molecule has 0 spiro atoms. The van der Waals surface area contributed by atoms with Crippen LogP contribution >= 0.6 is 0 Å². The summed E-state index contributed by atoms with van der Waals surface area (Å²) in [6.07, 6.45) is 1.32. The zero-order valence-electron chi connectivity index (χ0n) is 16.8. The van der Waals surface area contributed by atoms with Crippen molar-refractivity contribution >= 4 is 17.7 Å². The number of benzene rings is 2. The Morgan fingerprint density at radius 3 is 2.61 bits per heavy atom. The van der Waals surface area contributed by atoms with Crippen molar-refractivity contribution in [2.75, 3.05) is 19.2 Å². The van der Waals surface area contributed by atoms with Crippen LogP contribution in [0.15, 0.2) is 54.6 Å². The first-order valence-electron chi connectivity index (χ1n) is 9.54. The third-order valence-electron chi connectivity index (χ3n) is 4.59. The molecule has 0 saturated carbocycles. The number of ether oxygens (including phenoxy) is 4. The van der Waals surface area contributed by atoms with E-state index in [9.17, 15) is 14.7 Å². The number of nitrogens with one attached hydrogen (secondary N) is 1. The molecule has 0 unspecified atom stereocenters. The van der Waals surface area contributed by atoms with Gasteiger partial charge in [0.15, 0.2) is 17.6 Å². The quantitative estimate of drug-likeness (QED) is 0.514. The highest BCUT2D eigenvalue weighted by atomic mass is 16.7. The van der Waals surface area contributed by atoms with Crippen LogP contribution in [0.1, 0.15) is 24.5 Å². The van der Waals surface area contributed by atoms with Gasteiger partial charge in [0.05, 0.1) is 6.10 Å². The number of carbonyl (C=O) groups excluding carboxylic acids is 1. The van der Waals surface area contributed by atoms with E-state index in [2.05, 4.69) is 5.32 Å². The molecule has 2 aromatic carbocycles. The number of carboxylic acid groups (broad SMARTS) is 1. The van der Waals surface area contributed by atoms with Gasteiger partial charge < -0.3 is 29.2 Å². The predicted molar refractivity (Wildman–Crippen MR) is 110 cm³/mol. The summed E-state index contributed by atoms with van der Waals surface area (Å²) in [5.74, 6) is 0.150. The average Bonchev–Trinajstić information content (AvgIpc) is 3.21. The molecule has 1 heterocycles. The summed E-state index contributed by atoms with van der Waals surface area (Å²) >= 11 is 0. The summed E-state index contributed by atoms with van der Waals surface area (Å²) in [5, 5.41) is 21.0. The lowest BCUT2D eigenvalue weighted by Crippen LogP contribution is -2.28. The number of methoxy groups -OCH3 is 1. The first-order valence-corrected chi connectivity index (χ1v) is 9.54. The van der Waals surface area contributed by atoms with Gasteiger partial charge in [-0.05, 0) is 42.7 Å². The smallest absolute Gasteiger partial charge is 0.412 e. The molecule has 0 bridgehead atoms. The predicted octanol–water partition coefficient (Wildman–Crippen LogP) is 3.85. The Balaban J connectivity index is 1.72. The van der Waals surface area contributed by atoms with Crippen LogP contribution in [0, 0.1) is 0 Å². The molecule has 9 heteroatoms. The summed E-state index contributed by atoms with van der Waals surface area (Å²) in [4.78, 5) is 23.3. The minimum Gasteiger partial charge on any atom is -0.508 e. The van der Waals surface area contributed by atoms with Gasteiger partial charge in [-0.15, -0.1) is 0 Å². The van der Waals surface area contributed by atoms with E-state index in [1.165, 1.54) is 25.3 Å². The van der Waals surface area contributed by atoms with Crippen molar-refractivity contribution in [3.63, 3.8) is 0 Å². The first kappa shape index (κ1) is 22.0. The Bertz CT molecular complexity index is 941. The Hall–Kier alpha value is -3.72. The van der Waals surface area contributed by atoms with Gasteiger partial charge in [0.25, 0.3) is 0 Å². The number of phenols is 1. The zero-order valence-corrected chi connectivity index (χ0v) is 16.8. The van der Waals surface area contributed by atoms with Crippen LogP contribution < -0.4 is 14.8 Å². The number of carbonyl (C=O) groups is 2. The normalized spacial score (nSPS) is 14.2. The Kier molecular flexibility index (Phi) is 7.34. The molecule has 1 amide bonds. The second-order valence-corrected chi connectivity index (χ2v) is 6.70. The van der Waals surface area contributed by atoms with E-state index in [1.54, 1.807) is 30.3 Å². The van der Waals surface area contributed by atoms with Gasteiger partial charge in [-0.3, -0.25) is 5.32 Å². The summed E-state index contributed by atoms with van der Waals surface area (Å²) in [7, 11) is 1.48. The van der Waals surface area contributed by atoms with Crippen molar-refractivity contribution in [2.45, 2.75) is 25.0 Å². The monoisotopic (exact) mass is 429 g/mol. The maximum absolute atomic E-state index is 12.6. The Morgan fingerprint density at radius 2 is 1.90 bits per heavy atom. The molecule has 0 saturated heterocycles. The van der Waals surface area contributed by atoms with E-state index >= 15 is 0 Å². The van der Waals surface area contributed by atoms with Crippen molar-refractivity contribution < 1.29 is 38.7 Å². The zero-order chi connectivity index (χ0) is 22.2. The van der Waals surface area contributed by atoms with E-state index in [1.807, 2.05) is 0 Å². The largest absolute Gasteiger partial charge is 0.508 e. The van der Waals surface area contributed by atoms with E-state index in [4.69, 9.17) is 24.1 Å². The number of fused-ring (bicyclic) bond motifs is 1. The minimum absolute atomic E-state index is 0.0747. The molecule has 3 N–H and O–H groups in total. The molecular formula is C22H23NO8. The maximum Gasteiger partial charge on any atom is 0.412 e. The fourth-order valence-electron chi connectivity index (χ4n) is 3.10. The number of hydrogen-bond donors (Lipinski definition) is 3. The van der Waals surface area contributed by atoms with Crippen LogP contribution in [0.5, 0.6) is 17.2 Å². The van der Waals surface area contributed by atoms with Gasteiger partial charge in [-0.1, -0.05) is 18.2 Å². The highest BCUT2D eigenvalue weighted by molar-refractivity contribution is 5.85. The number of rotatable bonds is 9. The van der Waals surface area contributed by atoms with Gasteiger partial charge in [0.2, 0.25) is 6.79 Å². The molecular weight excluding hydrogens is 406 g/mol. The van der Waals surface area contributed by atoms with Crippen molar-refractivity contribution in [1.82, 2.24) is 0 Å². The standard InChI is InChI=1S/C22H23NO8/c1-28-18(4-2-3-5-20(25)26)21(14-6-9-16(24)10-7-14)31-22(27)23-15-8-11-17-19(12-15)30-13-29-17/h3,5-12,18,21,24H,2,4,13H2,1H3,(H,23,27)(H,25,26)/b5-3+/t18-,21-/m1/s1. The number of amides is 1.